The molecule has 1 aliphatic carbocycles. The van der Waals surface area contributed by atoms with Crippen LogP contribution in [0.15, 0.2) is 45.7 Å². The summed E-state index contributed by atoms with van der Waals surface area (Å²) in [5.41, 5.74) is 0.920. The first-order valence-electron chi connectivity index (χ1n) is 6.65. The smallest absolute Gasteiger partial charge is 0.230 e. The third kappa shape index (κ3) is 2.52. The fourth-order valence-corrected chi connectivity index (χ4v) is 3.84. The van der Waals surface area contributed by atoms with E-state index >= 15 is 0 Å². The molecule has 3 aromatic rings. The Morgan fingerprint density at radius 1 is 1.33 bits per heavy atom. The average molecular weight is 316 g/mol. The van der Waals surface area contributed by atoms with Crippen LogP contribution in [0.2, 0.25) is 0 Å². The zero-order valence-corrected chi connectivity index (χ0v) is 12.6. The van der Waals surface area contributed by atoms with Gasteiger partial charge in [0.2, 0.25) is 5.91 Å². The lowest BCUT2D eigenvalue weighted by molar-refractivity contribution is -0.117. The Bertz CT molecular complexity index is 747. The van der Waals surface area contributed by atoms with Crippen LogP contribution in [0.5, 0.6) is 0 Å². The zero-order valence-electron chi connectivity index (χ0n) is 11.0. The summed E-state index contributed by atoms with van der Waals surface area (Å²) >= 11 is 3.10. The Balaban J connectivity index is 1.42. The molecule has 3 aromatic heterocycles. The van der Waals surface area contributed by atoms with E-state index in [0.717, 1.165) is 22.8 Å². The van der Waals surface area contributed by atoms with Crippen molar-refractivity contribution in [2.45, 2.75) is 12.3 Å². The molecule has 0 aliphatic heterocycles. The van der Waals surface area contributed by atoms with Gasteiger partial charge in [0.1, 0.15) is 5.76 Å². The minimum atomic E-state index is 0.00485. The lowest BCUT2D eigenvalue weighted by atomic mass is 10.2. The van der Waals surface area contributed by atoms with E-state index in [1.54, 1.807) is 17.6 Å². The highest BCUT2D eigenvalue weighted by molar-refractivity contribution is 7.16. The normalized spacial score (nSPS) is 20.4. The van der Waals surface area contributed by atoms with E-state index in [2.05, 4.69) is 10.3 Å². The molecular formula is C15H12N2O2S2. The molecule has 1 N–H and O–H groups in total. The fourth-order valence-electron chi connectivity index (χ4n) is 2.37. The number of hydrogen-bond acceptors (Lipinski definition) is 5. The summed E-state index contributed by atoms with van der Waals surface area (Å²) in [7, 11) is 0. The summed E-state index contributed by atoms with van der Waals surface area (Å²) in [5.74, 6) is 1.15. The number of aromatic nitrogens is 1. The van der Waals surface area contributed by atoms with Crippen LogP contribution in [0.25, 0.3) is 10.6 Å². The first kappa shape index (κ1) is 12.8. The maximum atomic E-state index is 12.2. The number of carbonyl (C=O) groups is 1. The Hall–Kier alpha value is -1.92. The summed E-state index contributed by atoms with van der Waals surface area (Å²) < 4.78 is 5.35. The van der Waals surface area contributed by atoms with Gasteiger partial charge in [0.05, 0.1) is 16.8 Å². The largest absolute Gasteiger partial charge is 0.469 e. The van der Waals surface area contributed by atoms with Gasteiger partial charge in [-0.05, 0) is 30.0 Å². The third-order valence-corrected chi connectivity index (χ3v) is 5.19. The highest BCUT2D eigenvalue weighted by atomic mass is 32.1. The Morgan fingerprint density at radius 2 is 2.29 bits per heavy atom. The number of furan rings is 1. The quantitative estimate of drug-likeness (QED) is 0.784. The number of anilines is 1. The van der Waals surface area contributed by atoms with Crippen LogP contribution in [0.4, 0.5) is 5.13 Å². The van der Waals surface area contributed by atoms with Gasteiger partial charge in [0, 0.05) is 17.2 Å². The molecule has 2 atom stereocenters. The van der Waals surface area contributed by atoms with Crippen molar-refractivity contribution in [3.05, 3.63) is 47.0 Å². The predicted octanol–water partition coefficient (Wildman–Crippen LogP) is 4.21. The number of amides is 1. The van der Waals surface area contributed by atoms with E-state index in [9.17, 15) is 4.79 Å². The summed E-state index contributed by atoms with van der Waals surface area (Å²) in [5, 5.41) is 7.56. The predicted molar refractivity (Wildman–Crippen MR) is 83.6 cm³/mol. The van der Waals surface area contributed by atoms with Gasteiger partial charge in [-0.25, -0.2) is 4.98 Å². The minimum Gasteiger partial charge on any atom is -0.469 e. The van der Waals surface area contributed by atoms with Gasteiger partial charge in [-0.2, -0.15) is 0 Å². The number of nitrogens with one attached hydrogen (secondary N) is 1. The summed E-state index contributed by atoms with van der Waals surface area (Å²) in [6, 6.07) is 7.81. The summed E-state index contributed by atoms with van der Waals surface area (Å²) in [4.78, 5) is 17.8. The van der Waals surface area contributed by atoms with E-state index < -0.39 is 0 Å². The second kappa shape index (κ2) is 5.13. The van der Waals surface area contributed by atoms with Gasteiger partial charge in [-0.1, -0.05) is 6.07 Å². The van der Waals surface area contributed by atoms with E-state index in [1.807, 2.05) is 35.0 Å². The van der Waals surface area contributed by atoms with Crippen LogP contribution in [0.1, 0.15) is 18.1 Å². The molecule has 21 heavy (non-hydrogen) atoms. The molecule has 0 aromatic carbocycles. The van der Waals surface area contributed by atoms with Crippen molar-refractivity contribution in [3.8, 4) is 10.6 Å². The lowest BCUT2D eigenvalue weighted by Crippen LogP contribution is -2.14. The molecule has 0 radical (unpaired) electrons. The van der Waals surface area contributed by atoms with E-state index in [0.29, 0.717) is 5.13 Å². The molecule has 1 aliphatic rings. The van der Waals surface area contributed by atoms with Gasteiger partial charge in [-0.15, -0.1) is 22.7 Å². The van der Waals surface area contributed by atoms with E-state index in [1.165, 1.54) is 11.3 Å². The van der Waals surface area contributed by atoms with Gasteiger partial charge >= 0.3 is 0 Å². The number of hydrogen-bond donors (Lipinski definition) is 1. The number of carbonyl (C=O) groups excluding carboxylic acids is 1. The Morgan fingerprint density at radius 3 is 3.05 bits per heavy atom. The molecular weight excluding hydrogens is 304 g/mol. The Kier molecular flexibility index (Phi) is 3.12. The Labute approximate surface area is 129 Å². The van der Waals surface area contributed by atoms with Crippen LogP contribution >= 0.6 is 22.7 Å². The standard InChI is InChI=1S/C15H12N2O2S2/c18-14(10-7-9(10)12-3-1-5-19-12)17-15-16-11(8-21-15)13-4-2-6-20-13/h1-6,8-10H,7H2,(H,16,17,18)/t9-,10+/m0/s1. The van der Waals surface area contributed by atoms with Crippen molar-refractivity contribution in [2.75, 3.05) is 5.32 Å². The molecule has 0 spiro atoms. The maximum absolute atomic E-state index is 12.2. The van der Waals surface area contributed by atoms with E-state index in [4.69, 9.17) is 4.42 Å². The van der Waals surface area contributed by atoms with Crippen LogP contribution in [-0.4, -0.2) is 10.9 Å². The van der Waals surface area contributed by atoms with Crippen molar-refractivity contribution < 1.29 is 9.21 Å². The summed E-state index contributed by atoms with van der Waals surface area (Å²) in [6.45, 7) is 0. The van der Waals surface area contributed by atoms with Crippen LogP contribution < -0.4 is 5.32 Å². The molecule has 4 rings (SSSR count). The third-order valence-electron chi connectivity index (χ3n) is 3.54. The average Bonchev–Trinajstić information content (AvgIpc) is 2.99. The van der Waals surface area contributed by atoms with Crippen LogP contribution in [0.3, 0.4) is 0 Å². The van der Waals surface area contributed by atoms with Crippen molar-refractivity contribution in [2.24, 2.45) is 5.92 Å². The second-order valence-corrected chi connectivity index (χ2v) is 6.77. The van der Waals surface area contributed by atoms with Gasteiger partial charge in [0.25, 0.3) is 0 Å². The first-order valence-corrected chi connectivity index (χ1v) is 8.41. The molecule has 106 valence electrons. The minimum absolute atomic E-state index is 0.00485. The molecule has 3 heterocycles. The monoisotopic (exact) mass is 316 g/mol. The van der Waals surface area contributed by atoms with Gasteiger partial charge in [0.15, 0.2) is 5.13 Å². The first-order chi connectivity index (χ1) is 10.3. The molecule has 0 saturated heterocycles. The highest BCUT2D eigenvalue weighted by Crippen LogP contribution is 2.48. The van der Waals surface area contributed by atoms with Crippen molar-refractivity contribution in [1.82, 2.24) is 4.98 Å². The zero-order chi connectivity index (χ0) is 14.2. The molecule has 0 bridgehead atoms. The highest BCUT2D eigenvalue weighted by Gasteiger charge is 2.46. The van der Waals surface area contributed by atoms with Crippen LogP contribution in [-0.2, 0) is 4.79 Å². The van der Waals surface area contributed by atoms with Gasteiger partial charge in [-0.3, -0.25) is 4.79 Å². The van der Waals surface area contributed by atoms with Crippen molar-refractivity contribution >= 4 is 33.7 Å². The number of thiazole rings is 1. The van der Waals surface area contributed by atoms with Gasteiger partial charge < -0.3 is 9.73 Å². The molecule has 0 unspecified atom stereocenters. The lowest BCUT2D eigenvalue weighted by Gasteiger charge is -1.99. The summed E-state index contributed by atoms with van der Waals surface area (Å²) in [6.07, 6.45) is 2.50. The molecule has 6 heteroatoms. The number of thiophene rings is 1. The second-order valence-electron chi connectivity index (χ2n) is 4.97. The van der Waals surface area contributed by atoms with E-state index in [-0.39, 0.29) is 17.7 Å². The van der Waals surface area contributed by atoms with Crippen molar-refractivity contribution in [3.63, 3.8) is 0 Å². The van der Waals surface area contributed by atoms with Crippen molar-refractivity contribution in [1.29, 1.82) is 0 Å². The topological polar surface area (TPSA) is 55.1 Å². The van der Waals surface area contributed by atoms with Crippen LogP contribution in [0, 0.1) is 5.92 Å². The SMILES string of the molecule is O=C(Nc1nc(-c2cccs2)cs1)[C@@H]1C[C@@H]1c1ccco1. The maximum Gasteiger partial charge on any atom is 0.230 e. The number of nitrogens with zero attached hydrogens (tertiary/aromatic N) is 1. The number of rotatable bonds is 4. The molecule has 1 saturated carbocycles. The molecule has 4 nitrogen and oxygen atoms in total. The molecule has 1 fully saturated rings. The fraction of sp³-hybridized carbons (Fsp3) is 0.200. The molecule has 1 amide bonds.